The van der Waals surface area contributed by atoms with Crippen LogP contribution in [0.3, 0.4) is 0 Å². The molecule has 0 fully saturated rings. The van der Waals surface area contributed by atoms with Crippen molar-refractivity contribution in [2.24, 2.45) is 0 Å². The molecule has 1 nitrogen and oxygen atoms in total. The van der Waals surface area contributed by atoms with Gasteiger partial charge in [-0.15, -0.1) is 0 Å². The predicted molar refractivity (Wildman–Crippen MR) is 95.5 cm³/mol. The van der Waals surface area contributed by atoms with Crippen molar-refractivity contribution in [2.75, 3.05) is 0 Å². The molecule has 110 valence electrons. The van der Waals surface area contributed by atoms with Crippen LogP contribution in [0.2, 0.25) is 0 Å². The lowest BCUT2D eigenvalue weighted by Crippen LogP contribution is -2.14. The van der Waals surface area contributed by atoms with Gasteiger partial charge in [0.2, 0.25) is 0 Å². The van der Waals surface area contributed by atoms with E-state index in [9.17, 15) is 4.89 Å². The Balaban J connectivity index is 1.95. The summed E-state index contributed by atoms with van der Waals surface area (Å²) in [5.74, 6) is 0. The Bertz CT molecular complexity index is 654. The number of hydrogen-bond acceptors (Lipinski definition) is 1. The molecule has 2 heteroatoms. The second-order valence-corrected chi connectivity index (χ2v) is 8.54. The molecule has 0 saturated carbocycles. The summed E-state index contributed by atoms with van der Waals surface area (Å²) >= 11 is 0. The lowest BCUT2D eigenvalue weighted by molar-refractivity contribution is 0.607. The number of rotatable bonds is 5. The molecule has 0 radical (unpaired) electrons. The highest BCUT2D eigenvalue weighted by molar-refractivity contribution is 7.76. The van der Waals surface area contributed by atoms with Crippen molar-refractivity contribution in [3.8, 4) is 0 Å². The molecular formula is C20H20OP+. The lowest BCUT2D eigenvalue weighted by atomic mass is 10.2. The van der Waals surface area contributed by atoms with E-state index in [2.05, 4.69) is 36.4 Å². The van der Waals surface area contributed by atoms with E-state index in [1.165, 1.54) is 11.1 Å². The van der Waals surface area contributed by atoms with Gasteiger partial charge in [0.05, 0.1) is 0 Å². The molecule has 1 N–H and O–H groups in total. The molecule has 0 aliphatic heterocycles. The largest absolute Gasteiger partial charge is 0.246 e. The normalized spacial score (nSPS) is 11.3. The van der Waals surface area contributed by atoms with Crippen LogP contribution in [-0.2, 0) is 12.3 Å². The zero-order valence-corrected chi connectivity index (χ0v) is 13.4. The first-order valence-corrected chi connectivity index (χ1v) is 9.61. The summed E-state index contributed by atoms with van der Waals surface area (Å²) in [5.41, 5.74) is 2.39. The van der Waals surface area contributed by atoms with Crippen molar-refractivity contribution in [1.82, 2.24) is 0 Å². The minimum absolute atomic E-state index is 0.715. The molecule has 0 heterocycles. The minimum atomic E-state index is -2.27. The Labute approximate surface area is 132 Å². The van der Waals surface area contributed by atoms with E-state index in [1.807, 2.05) is 54.6 Å². The molecule has 0 bridgehead atoms. The molecule has 0 saturated heterocycles. The summed E-state index contributed by atoms with van der Waals surface area (Å²) < 4.78 is 0. The van der Waals surface area contributed by atoms with Crippen molar-refractivity contribution >= 4 is 12.8 Å². The van der Waals surface area contributed by atoms with Crippen LogP contribution in [0.5, 0.6) is 0 Å². The van der Waals surface area contributed by atoms with E-state index in [1.54, 1.807) is 0 Å². The van der Waals surface area contributed by atoms with Crippen molar-refractivity contribution in [2.45, 2.75) is 12.3 Å². The summed E-state index contributed by atoms with van der Waals surface area (Å²) in [7, 11) is -2.27. The number of hydrogen-bond donors (Lipinski definition) is 1. The van der Waals surface area contributed by atoms with E-state index < -0.39 is 7.49 Å². The van der Waals surface area contributed by atoms with Gasteiger partial charge < -0.3 is 0 Å². The third-order valence-corrected chi connectivity index (χ3v) is 6.85. The van der Waals surface area contributed by atoms with Crippen LogP contribution in [0.15, 0.2) is 91.0 Å². The molecule has 0 aliphatic carbocycles. The van der Waals surface area contributed by atoms with E-state index >= 15 is 0 Å². The average Bonchev–Trinajstić information content (AvgIpc) is 2.57. The summed E-state index contributed by atoms with van der Waals surface area (Å²) in [6, 6.07) is 30.7. The second kappa shape index (κ2) is 6.87. The molecule has 22 heavy (non-hydrogen) atoms. The van der Waals surface area contributed by atoms with Crippen LogP contribution in [-0.4, -0.2) is 4.89 Å². The fourth-order valence-corrected chi connectivity index (χ4v) is 5.55. The fraction of sp³-hybridized carbons (Fsp3) is 0.100. The standard InChI is InChI=1S/C20H20OP/c21-22(20-14-8-3-9-15-20,16-18-10-4-1-5-11-18)17-19-12-6-2-7-13-19/h1-15,21H,16-17H2/q+1. The first kappa shape index (κ1) is 15.0. The second-order valence-electron chi connectivity index (χ2n) is 5.55. The summed E-state index contributed by atoms with van der Waals surface area (Å²) in [4.78, 5) is 11.5. The Morgan fingerprint density at radius 3 is 1.32 bits per heavy atom. The molecule has 0 aliphatic rings. The average molecular weight is 307 g/mol. The van der Waals surface area contributed by atoms with Crippen molar-refractivity contribution < 1.29 is 4.89 Å². The van der Waals surface area contributed by atoms with Crippen molar-refractivity contribution in [3.05, 3.63) is 102 Å². The lowest BCUT2D eigenvalue weighted by Gasteiger charge is -2.20. The topological polar surface area (TPSA) is 20.2 Å². The zero-order chi connectivity index (χ0) is 15.3. The third kappa shape index (κ3) is 3.62. The Morgan fingerprint density at radius 1 is 0.545 bits per heavy atom. The summed E-state index contributed by atoms with van der Waals surface area (Å²) in [5, 5.41) is 1.07. The minimum Gasteiger partial charge on any atom is -0.246 e. The molecule has 0 atom stereocenters. The van der Waals surface area contributed by atoms with Crippen molar-refractivity contribution in [1.29, 1.82) is 0 Å². The summed E-state index contributed by atoms with van der Waals surface area (Å²) in [6.07, 6.45) is 1.43. The Morgan fingerprint density at radius 2 is 0.909 bits per heavy atom. The van der Waals surface area contributed by atoms with E-state index in [0.717, 1.165) is 5.30 Å². The van der Waals surface area contributed by atoms with Crippen LogP contribution in [0.4, 0.5) is 0 Å². The maximum Gasteiger partial charge on any atom is 0.183 e. The van der Waals surface area contributed by atoms with Gasteiger partial charge in [-0.1, -0.05) is 78.9 Å². The quantitative estimate of drug-likeness (QED) is 0.681. The van der Waals surface area contributed by atoms with Crippen LogP contribution >= 0.6 is 7.49 Å². The molecule has 0 aromatic heterocycles. The van der Waals surface area contributed by atoms with Gasteiger partial charge in [0, 0.05) is 0 Å². The molecule has 0 unspecified atom stereocenters. The smallest absolute Gasteiger partial charge is 0.183 e. The van der Waals surface area contributed by atoms with E-state index in [4.69, 9.17) is 0 Å². The Hall–Kier alpha value is -1.95. The molecule has 3 aromatic carbocycles. The molecule has 3 rings (SSSR count). The predicted octanol–water partition coefficient (Wildman–Crippen LogP) is 4.64. The first-order valence-electron chi connectivity index (χ1n) is 7.50. The molecular weight excluding hydrogens is 287 g/mol. The van der Waals surface area contributed by atoms with Gasteiger partial charge in [-0.3, -0.25) is 0 Å². The van der Waals surface area contributed by atoms with Crippen LogP contribution in [0.25, 0.3) is 0 Å². The van der Waals surface area contributed by atoms with Gasteiger partial charge in [0.1, 0.15) is 17.6 Å². The highest BCUT2D eigenvalue weighted by atomic mass is 31.2. The monoisotopic (exact) mass is 307 g/mol. The van der Waals surface area contributed by atoms with Crippen LogP contribution in [0, 0.1) is 0 Å². The van der Waals surface area contributed by atoms with Crippen LogP contribution in [0.1, 0.15) is 11.1 Å². The first-order chi connectivity index (χ1) is 10.8. The maximum absolute atomic E-state index is 11.5. The fourth-order valence-electron chi connectivity index (χ4n) is 2.71. The zero-order valence-electron chi connectivity index (χ0n) is 12.5. The molecule has 0 spiro atoms. The van der Waals surface area contributed by atoms with Crippen molar-refractivity contribution in [3.63, 3.8) is 0 Å². The van der Waals surface area contributed by atoms with Gasteiger partial charge in [-0.25, -0.2) is 4.89 Å². The van der Waals surface area contributed by atoms with Gasteiger partial charge >= 0.3 is 0 Å². The summed E-state index contributed by atoms with van der Waals surface area (Å²) in [6.45, 7) is 0. The number of benzene rings is 3. The van der Waals surface area contributed by atoms with E-state index in [0.29, 0.717) is 12.3 Å². The highest BCUT2D eigenvalue weighted by Gasteiger charge is 2.38. The van der Waals surface area contributed by atoms with Gasteiger partial charge in [-0.2, -0.15) is 0 Å². The van der Waals surface area contributed by atoms with Crippen LogP contribution < -0.4 is 5.30 Å². The highest BCUT2D eigenvalue weighted by Crippen LogP contribution is 2.58. The SMILES string of the molecule is O[P+](Cc1ccccc1)(Cc1ccccc1)c1ccccc1. The van der Waals surface area contributed by atoms with Gasteiger partial charge in [0.25, 0.3) is 0 Å². The molecule has 0 amide bonds. The van der Waals surface area contributed by atoms with Gasteiger partial charge in [0.15, 0.2) is 7.49 Å². The van der Waals surface area contributed by atoms with E-state index in [-0.39, 0.29) is 0 Å². The Kier molecular flexibility index (Phi) is 4.68. The molecule has 3 aromatic rings. The third-order valence-electron chi connectivity index (χ3n) is 3.81. The van der Waals surface area contributed by atoms with Gasteiger partial charge in [-0.05, 0) is 23.3 Å². The maximum atomic E-state index is 11.5.